The standard InChI is InChI=1S/C27H32N6O6/c28-14-24(35)31-21(12-16-6-2-1-3-7-16)25(36)33-22(13-17-15-30-19-9-5-4-8-18(17)19)26(37)32-20(27(38)39)10-11-23(29)34/h1-9,15,20-22,30H,10-14,28H2,(H2,29,34)(H,31,35)(H,32,37)(H,33,36)(H,38,39). The molecule has 0 radical (unpaired) electrons. The van der Waals surface area contributed by atoms with Crippen LogP contribution in [-0.2, 0) is 36.8 Å². The first-order chi connectivity index (χ1) is 18.7. The highest BCUT2D eigenvalue weighted by atomic mass is 16.4. The van der Waals surface area contributed by atoms with E-state index in [1.807, 2.05) is 30.3 Å². The number of aliphatic carboxylic acids is 1. The van der Waals surface area contributed by atoms with Crippen LogP contribution in [-0.4, -0.2) is 64.4 Å². The third-order valence-electron chi connectivity index (χ3n) is 6.15. The Morgan fingerprint density at radius 2 is 1.44 bits per heavy atom. The number of H-pyrrole nitrogens is 1. The van der Waals surface area contributed by atoms with E-state index in [9.17, 15) is 29.1 Å². The minimum atomic E-state index is -1.40. The zero-order chi connectivity index (χ0) is 28.4. The number of aromatic nitrogens is 1. The van der Waals surface area contributed by atoms with Gasteiger partial charge in [0.25, 0.3) is 0 Å². The van der Waals surface area contributed by atoms with Crippen molar-refractivity contribution >= 4 is 40.5 Å². The number of fused-ring (bicyclic) bond motifs is 1. The lowest BCUT2D eigenvalue weighted by Crippen LogP contribution is -2.57. The van der Waals surface area contributed by atoms with Crippen LogP contribution in [0.2, 0.25) is 0 Å². The summed E-state index contributed by atoms with van der Waals surface area (Å²) in [5.41, 5.74) is 12.9. The minimum absolute atomic E-state index is 0.0205. The van der Waals surface area contributed by atoms with Gasteiger partial charge in [0.15, 0.2) is 0 Å². The molecular formula is C27H32N6O6. The molecule has 2 aromatic carbocycles. The zero-order valence-electron chi connectivity index (χ0n) is 21.2. The first-order valence-electron chi connectivity index (χ1n) is 12.4. The fourth-order valence-corrected chi connectivity index (χ4v) is 4.13. The van der Waals surface area contributed by atoms with Crippen molar-refractivity contribution < 1.29 is 29.1 Å². The SMILES string of the molecule is NCC(=O)NC(Cc1ccccc1)C(=O)NC(Cc1c[nH]c2ccccc12)C(=O)NC(CCC(N)=O)C(=O)O. The summed E-state index contributed by atoms with van der Waals surface area (Å²) >= 11 is 0. The van der Waals surface area contributed by atoms with Gasteiger partial charge in [-0.05, 0) is 23.6 Å². The van der Waals surface area contributed by atoms with Gasteiger partial charge in [0, 0.05) is 36.4 Å². The molecule has 206 valence electrons. The van der Waals surface area contributed by atoms with Gasteiger partial charge >= 0.3 is 5.97 Å². The average Bonchev–Trinajstić information content (AvgIpc) is 3.33. The number of carbonyl (C=O) groups is 5. The molecular weight excluding hydrogens is 504 g/mol. The number of carboxylic acid groups (broad SMARTS) is 1. The number of benzene rings is 2. The normalized spacial score (nSPS) is 13.2. The number of rotatable bonds is 14. The molecule has 3 aromatic rings. The van der Waals surface area contributed by atoms with Crippen LogP contribution in [0.5, 0.6) is 0 Å². The molecule has 0 aliphatic carbocycles. The van der Waals surface area contributed by atoms with Crippen LogP contribution in [0.1, 0.15) is 24.0 Å². The van der Waals surface area contributed by atoms with Crippen molar-refractivity contribution in [3.05, 3.63) is 71.9 Å². The van der Waals surface area contributed by atoms with E-state index >= 15 is 0 Å². The van der Waals surface area contributed by atoms with E-state index in [0.717, 1.165) is 16.5 Å². The Morgan fingerprint density at radius 3 is 2.08 bits per heavy atom. The van der Waals surface area contributed by atoms with Gasteiger partial charge in [0.1, 0.15) is 18.1 Å². The smallest absolute Gasteiger partial charge is 0.326 e. The van der Waals surface area contributed by atoms with E-state index in [0.29, 0.717) is 5.56 Å². The fraction of sp³-hybridized carbons (Fsp3) is 0.296. The number of hydrogen-bond donors (Lipinski definition) is 7. The number of primary amides is 1. The molecule has 12 nitrogen and oxygen atoms in total. The lowest BCUT2D eigenvalue weighted by molar-refractivity contribution is -0.142. The van der Waals surface area contributed by atoms with Gasteiger partial charge in [-0.1, -0.05) is 48.5 Å². The summed E-state index contributed by atoms with van der Waals surface area (Å²) in [6.07, 6.45) is 1.40. The third kappa shape index (κ3) is 8.40. The summed E-state index contributed by atoms with van der Waals surface area (Å²) in [6.45, 7) is -0.335. The van der Waals surface area contributed by atoms with Crippen molar-refractivity contribution in [1.29, 1.82) is 0 Å². The van der Waals surface area contributed by atoms with E-state index in [1.165, 1.54) is 0 Å². The van der Waals surface area contributed by atoms with Crippen LogP contribution in [0, 0.1) is 0 Å². The quantitative estimate of drug-likeness (QED) is 0.146. The highest BCUT2D eigenvalue weighted by Crippen LogP contribution is 2.19. The Balaban J connectivity index is 1.87. The maximum absolute atomic E-state index is 13.4. The van der Waals surface area contributed by atoms with Gasteiger partial charge < -0.3 is 37.5 Å². The number of nitrogens with one attached hydrogen (secondary N) is 4. The highest BCUT2D eigenvalue weighted by Gasteiger charge is 2.30. The van der Waals surface area contributed by atoms with Gasteiger partial charge in [-0.2, -0.15) is 0 Å². The molecule has 3 rings (SSSR count). The summed E-state index contributed by atoms with van der Waals surface area (Å²) in [6, 6.07) is 12.7. The topological polar surface area (TPSA) is 209 Å². The molecule has 3 atom stereocenters. The molecule has 1 heterocycles. The fourth-order valence-electron chi connectivity index (χ4n) is 4.13. The lowest BCUT2D eigenvalue weighted by Gasteiger charge is -2.24. The third-order valence-corrected chi connectivity index (χ3v) is 6.15. The van der Waals surface area contributed by atoms with Crippen LogP contribution in [0.4, 0.5) is 0 Å². The molecule has 39 heavy (non-hydrogen) atoms. The predicted octanol–water partition coefficient (Wildman–Crippen LogP) is -0.284. The van der Waals surface area contributed by atoms with Crippen molar-refractivity contribution in [1.82, 2.24) is 20.9 Å². The molecule has 4 amide bonds. The number of carboxylic acids is 1. The molecule has 0 aliphatic heterocycles. The van der Waals surface area contributed by atoms with Crippen molar-refractivity contribution in [3.8, 4) is 0 Å². The first kappa shape index (κ1) is 28.9. The van der Waals surface area contributed by atoms with Gasteiger partial charge in [-0.25, -0.2) is 4.79 Å². The predicted molar refractivity (Wildman–Crippen MR) is 143 cm³/mol. The number of para-hydroxylation sites is 1. The number of carbonyl (C=O) groups excluding carboxylic acids is 4. The maximum atomic E-state index is 13.4. The molecule has 0 aliphatic rings. The van der Waals surface area contributed by atoms with Crippen molar-refractivity contribution in [3.63, 3.8) is 0 Å². The van der Waals surface area contributed by atoms with Crippen LogP contribution in [0.15, 0.2) is 60.8 Å². The minimum Gasteiger partial charge on any atom is -0.480 e. The second-order valence-corrected chi connectivity index (χ2v) is 9.04. The Labute approximate surface area is 224 Å². The summed E-state index contributed by atoms with van der Waals surface area (Å²) in [5.74, 6) is -4.03. The molecule has 3 unspecified atom stereocenters. The summed E-state index contributed by atoms with van der Waals surface area (Å²) in [4.78, 5) is 64.8. The average molecular weight is 537 g/mol. The Kier molecular flexibility index (Phi) is 10.2. The second kappa shape index (κ2) is 13.7. The van der Waals surface area contributed by atoms with Crippen LogP contribution < -0.4 is 27.4 Å². The Hall–Kier alpha value is -4.71. The molecule has 9 N–H and O–H groups in total. The monoisotopic (exact) mass is 536 g/mol. The number of amides is 4. The molecule has 0 fully saturated rings. The summed E-state index contributed by atoms with van der Waals surface area (Å²) in [7, 11) is 0. The van der Waals surface area contributed by atoms with Crippen molar-refractivity contribution in [2.75, 3.05) is 6.54 Å². The Morgan fingerprint density at radius 1 is 0.821 bits per heavy atom. The number of nitrogens with two attached hydrogens (primary N) is 2. The van der Waals surface area contributed by atoms with Crippen molar-refractivity contribution in [2.24, 2.45) is 11.5 Å². The van der Waals surface area contributed by atoms with Crippen LogP contribution >= 0.6 is 0 Å². The summed E-state index contributed by atoms with van der Waals surface area (Å²) < 4.78 is 0. The van der Waals surface area contributed by atoms with E-state index < -0.39 is 47.7 Å². The van der Waals surface area contributed by atoms with E-state index in [2.05, 4.69) is 20.9 Å². The lowest BCUT2D eigenvalue weighted by atomic mass is 10.0. The molecule has 12 heteroatoms. The molecule has 0 saturated carbocycles. The molecule has 1 aromatic heterocycles. The zero-order valence-corrected chi connectivity index (χ0v) is 21.2. The van der Waals surface area contributed by atoms with Gasteiger partial charge in [0.2, 0.25) is 23.6 Å². The van der Waals surface area contributed by atoms with Crippen LogP contribution in [0.3, 0.4) is 0 Å². The number of hydrogen-bond acceptors (Lipinski definition) is 6. The van der Waals surface area contributed by atoms with Crippen molar-refractivity contribution in [2.45, 2.75) is 43.8 Å². The van der Waals surface area contributed by atoms with Gasteiger partial charge in [-0.15, -0.1) is 0 Å². The second-order valence-electron chi connectivity index (χ2n) is 9.04. The van der Waals surface area contributed by atoms with Gasteiger partial charge in [0.05, 0.1) is 6.54 Å². The number of aromatic amines is 1. The van der Waals surface area contributed by atoms with Gasteiger partial charge in [-0.3, -0.25) is 19.2 Å². The van der Waals surface area contributed by atoms with Crippen LogP contribution in [0.25, 0.3) is 10.9 Å². The molecule has 0 spiro atoms. The van der Waals surface area contributed by atoms with E-state index in [1.54, 1.807) is 30.5 Å². The molecule has 0 saturated heterocycles. The van der Waals surface area contributed by atoms with E-state index in [-0.39, 0.29) is 32.2 Å². The molecule has 0 bridgehead atoms. The van der Waals surface area contributed by atoms with E-state index in [4.69, 9.17) is 11.5 Å². The Bertz CT molecular complexity index is 1320. The summed E-state index contributed by atoms with van der Waals surface area (Å²) in [5, 5.41) is 18.0. The first-order valence-corrected chi connectivity index (χ1v) is 12.4. The largest absolute Gasteiger partial charge is 0.480 e. The highest BCUT2D eigenvalue weighted by molar-refractivity contribution is 5.94. The maximum Gasteiger partial charge on any atom is 0.326 e.